The van der Waals surface area contributed by atoms with Crippen LogP contribution in [0.5, 0.6) is 17.2 Å². The third kappa shape index (κ3) is 2.79. The quantitative estimate of drug-likeness (QED) is 0.624. The van der Waals surface area contributed by atoms with Gasteiger partial charge in [-0.05, 0) is 36.4 Å². The Hall–Kier alpha value is -3.00. The Morgan fingerprint density at radius 3 is 2.57 bits per heavy atom. The van der Waals surface area contributed by atoms with Crippen molar-refractivity contribution in [1.82, 2.24) is 0 Å². The summed E-state index contributed by atoms with van der Waals surface area (Å²) >= 11 is 0. The second kappa shape index (κ2) is 5.55. The highest BCUT2D eigenvalue weighted by molar-refractivity contribution is 5.78. The molecular weight excluding hydrogens is 270 g/mol. The second-order valence-electron chi connectivity index (χ2n) is 4.42. The summed E-state index contributed by atoms with van der Waals surface area (Å²) < 4.78 is 16.2. The predicted molar refractivity (Wildman–Crippen MR) is 73.1 cm³/mol. The van der Waals surface area contributed by atoms with Gasteiger partial charge in [-0.3, -0.25) is 0 Å². The maximum atomic E-state index is 12.0. The van der Waals surface area contributed by atoms with Gasteiger partial charge in [0.25, 0.3) is 0 Å². The highest BCUT2D eigenvalue weighted by Gasteiger charge is 2.29. The number of esters is 1. The standard InChI is InChI=1S/C16H11NO4/c17-9-11-5-7-12(8-6-11)20-16(18)15-10-19-13-3-1-2-4-14(13)21-15/h1-8,15H,10H2/t15-/m1/s1. The van der Waals surface area contributed by atoms with Crippen molar-refractivity contribution in [2.75, 3.05) is 6.61 Å². The lowest BCUT2D eigenvalue weighted by atomic mass is 10.2. The summed E-state index contributed by atoms with van der Waals surface area (Å²) in [7, 11) is 0. The molecule has 0 aromatic heterocycles. The Morgan fingerprint density at radius 1 is 1.14 bits per heavy atom. The molecule has 1 aliphatic heterocycles. The van der Waals surface area contributed by atoms with Crippen LogP contribution in [0, 0.1) is 11.3 Å². The number of hydrogen-bond donors (Lipinski definition) is 0. The lowest BCUT2D eigenvalue weighted by Crippen LogP contribution is -2.39. The molecular formula is C16H11NO4. The molecule has 21 heavy (non-hydrogen) atoms. The highest BCUT2D eigenvalue weighted by Crippen LogP contribution is 2.31. The Labute approximate surface area is 121 Å². The molecule has 104 valence electrons. The number of ether oxygens (including phenoxy) is 3. The molecule has 3 rings (SSSR count). The van der Waals surface area contributed by atoms with Crippen LogP contribution in [-0.2, 0) is 4.79 Å². The van der Waals surface area contributed by atoms with Crippen molar-refractivity contribution < 1.29 is 19.0 Å². The van der Waals surface area contributed by atoms with Gasteiger partial charge < -0.3 is 14.2 Å². The monoisotopic (exact) mass is 281 g/mol. The van der Waals surface area contributed by atoms with Gasteiger partial charge in [-0.2, -0.15) is 5.26 Å². The van der Waals surface area contributed by atoms with E-state index in [0.717, 1.165) is 0 Å². The molecule has 0 unspecified atom stereocenters. The average Bonchev–Trinajstić information content (AvgIpc) is 2.55. The van der Waals surface area contributed by atoms with Crippen LogP contribution in [-0.4, -0.2) is 18.7 Å². The summed E-state index contributed by atoms with van der Waals surface area (Å²) in [5.74, 6) is 0.959. The molecule has 2 aromatic rings. The number of fused-ring (bicyclic) bond motifs is 1. The van der Waals surface area contributed by atoms with Gasteiger partial charge >= 0.3 is 5.97 Å². The molecule has 0 spiro atoms. The van der Waals surface area contributed by atoms with Gasteiger partial charge in [0.05, 0.1) is 11.6 Å². The second-order valence-corrected chi connectivity index (χ2v) is 4.42. The lowest BCUT2D eigenvalue weighted by molar-refractivity contribution is -0.144. The zero-order valence-electron chi connectivity index (χ0n) is 11.0. The molecule has 0 aliphatic carbocycles. The van der Waals surface area contributed by atoms with Gasteiger partial charge in [0.2, 0.25) is 6.10 Å². The number of rotatable bonds is 2. The van der Waals surface area contributed by atoms with E-state index in [9.17, 15) is 4.79 Å². The molecule has 1 atom stereocenters. The first kappa shape index (κ1) is 13.0. The third-order valence-electron chi connectivity index (χ3n) is 2.97. The van der Waals surface area contributed by atoms with E-state index in [1.54, 1.807) is 42.5 Å². The van der Waals surface area contributed by atoms with E-state index in [1.165, 1.54) is 0 Å². The summed E-state index contributed by atoms with van der Waals surface area (Å²) in [5.41, 5.74) is 0.501. The fourth-order valence-electron chi connectivity index (χ4n) is 1.92. The molecule has 0 saturated heterocycles. The lowest BCUT2D eigenvalue weighted by Gasteiger charge is -2.24. The molecule has 2 aromatic carbocycles. The van der Waals surface area contributed by atoms with Crippen LogP contribution in [0.2, 0.25) is 0 Å². The van der Waals surface area contributed by atoms with Crippen LogP contribution < -0.4 is 14.2 Å². The highest BCUT2D eigenvalue weighted by atomic mass is 16.6. The molecule has 0 N–H and O–H groups in total. The van der Waals surface area contributed by atoms with E-state index in [0.29, 0.717) is 22.8 Å². The van der Waals surface area contributed by atoms with Crippen LogP contribution in [0.1, 0.15) is 5.56 Å². The average molecular weight is 281 g/mol. The Bertz CT molecular complexity index is 703. The van der Waals surface area contributed by atoms with Crippen LogP contribution in [0.3, 0.4) is 0 Å². The Balaban J connectivity index is 1.68. The summed E-state index contributed by atoms with van der Waals surface area (Å²) in [6.07, 6.45) is -0.810. The number of carbonyl (C=O) groups is 1. The Kier molecular flexibility index (Phi) is 3.44. The molecule has 0 bridgehead atoms. The van der Waals surface area contributed by atoms with Crippen molar-refractivity contribution in [3.8, 4) is 23.3 Å². The Morgan fingerprint density at radius 2 is 1.86 bits per heavy atom. The molecule has 0 amide bonds. The largest absolute Gasteiger partial charge is 0.485 e. The molecule has 0 radical (unpaired) electrons. The molecule has 0 saturated carbocycles. The smallest absolute Gasteiger partial charge is 0.356 e. The van der Waals surface area contributed by atoms with Crippen LogP contribution in [0.4, 0.5) is 0 Å². The molecule has 0 fully saturated rings. The van der Waals surface area contributed by atoms with Gasteiger partial charge in [-0.15, -0.1) is 0 Å². The topological polar surface area (TPSA) is 68.5 Å². The number of hydrogen-bond acceptors (Lipinski definition) is 5. The zero-order chi connectivity index (χ0) is 14.7. The van der Waals surface area contributed by atoms with Crippen LogP contribution in [0.25, 0.3) is 0 Å². The van der Waals surface area contributed by atoms with Crippen molar-refractivity contribution >= 4 is 5.97 Å². The van der Waals surface area contributed by atoms with Gasteiger partial charge in [-0.25, -0.2) is 4.79 Å². The van der Waals surface area contributed by atoms with E-state index in [1.807, 2.05) is 12.1 Å². The van der Waals surface area contributed by atoms with Crippen molar-refractivity contribution in [2.45, 2.75) is 6.10 Å². The number of nitrogens with zero attached hydrogens (tertiary/aromatic N) is 1. The fraction of sp³-hybridized carbons (Fsp3) is 0.125. The van der Waals surface area contributed by atoms with Gasteiger partial charge in [0.1, 0.15) is 12.4 Å². The number of carbonyl (C=O) groups excluding carboxylic acids is 1. The first-order valence-electron chi connectivity index (χ1n) is 6.36. The van der Waals surface area contributed by atoms with E-state index < -0.39 is 12.1 Å². The van der Waals surface area contributed by atoms with Crippen molar-refractivity contribution in [3.05, 3.63) is 54.1 Å². The maximum Gasteiger partial charge on any atom is 0.356 e. The van der Waals surface area contributed by atoms with E-state index in [4.69, 9.17) is 19.5 Å². The minimum Gasteiger partial charge on any atom is -0.485 e. The van der Waals surface area contributed by atoms with E-state index >= 15 is 0 Å². The van der Waals surface area contributed by atoms with Crippen LogP contribution in [0.15, 0.2) is 48.5 Å². The molecule has 5 heteroatoms. The summed E-state index contributed by atoms with van der Waals surface area (Å²) in [6.45, 7) is 0.103. The minimum atomic E-state index is -0.810. The number of para-hydroxylation sites is 2. The first-order valence-corrected chi connectivity index (χ1v) is 6.36. The molecule has 1 aliphatic rings. The SMILES string of the molecule is N#Cc1ccc(OC(=O)[C@H]2COc3ccccc3O2)cc1. The maximum absolute atomic E-state index is 12.0. The van der Waals surface area contributed by atoms with Crippen molar-refractivity contribution in [1.29, 1.82) is 5.26 Å². The number of benzene rings is 2. The first-order chi connectivity index (χ1) is 10.3. The fourth-order valence-corrected chi connectivity index (χ4v) is 1.92. The van der Waals surface area contributed by atoms with E-state index in [-0.39, 0.29) is 6.61 Å². The minimum absolute atomic E-state index is 0.103. The van der Waals surface area contributed by atoms with Gasteiger partial charge in [0.15, 0.2) is 11.5 Å². The summed E-state index contributed by atoms with van der Waals surface area (Å²) in [4.78, 5) is 12.0. The predicted octanol–water partition coefficient (Wildman–Crippen LogP) is 2.30. The summed E-state index contributed by atoms with van der Waals surface area (Å²) in [6, 6.07) is 15.4. The molecule has 5 nitrogen and oxygen atoms in total. The van der Waals surface area contributed by atoms with Crippen molar-refractivity contribution in [2.24, 2.45) is 0 Å². The zero-order valence-corrected chi connectivity index (χ0v) is 11.0. The normalized spacial score (nSPS) is 15.9. The van der Waals surface area contributed by atoms with Crippen molar-refractivity contribution in [3.63, 3.8) is 0 Å². The third-order valence-corrected chi connectivity index (χ3v) is 2.97. The van der Waals surface area contributed by atoms with Gasteiger partial charge in [-0.1, -0.05) is 12.1 Å². The molecule has 1 heterocycles. The summed E-state index contributed by atoms with van der Waals surface area (Å²) in [5, 5.41) is 8.71. The van der Waals surface area contributed by atoms with Gasteiger partial charge in [0, 0.05) is 0 Å². The van der Waals surface area contributed by atoms with E-state index in [2.05, 4.69) is 0 Å². The van der Waals surface area contributed by atoms with Crippen LogP contribution >= 0.6 is 0 Å². The number of nitriles is 1.